The Balaban J connectivity index is 1.92. The van der Waals surface area contributed by atoms with Crippen molar-refractivity contribution in [3.05, 3.63) is 17.5 Å². The molecule has 1 amide bonds. The first-order valence-corrected chi connectivity index (χ1v) is 5.72. The lowest BCUT2D eigenvalue weighted by molar-refractivity contribution is -0.138. The molecule has 1 aromatic rings. The van der Waals surface area contributed by atoms with Crippen LogP contribution < -0.4 is 0 Å². The van der Waals surface area contributed by atoms with Crippen LogP contribution in [-0.4, -0.2) is 64.7 Å². The van der Waals surface area contributed by atoms with Crippen molar-refractivity contribution in [2.24, 2.45) is 0 Å². The van der Waals surface area contributed by atoms with E-state index in [0.29, 0.717) is 31.7 Å². The normalized spacial score (nSPS) is 16.8. The zero-order chi connectivity index (χ0) is 13.1. The van der Waals surface area contributed by atoms with Crippen LogP contribution in [0.1, 0.15) is 16.1 Å². The Morgan fingerprint density at radius 1 is 1.39 bits per heavy atom. The smallest absolute Gasteiger partial charge is 0.317 e. The fraction of sp³-hybridized carbons (Fsp3) is 0.545. The van der Waals surface area contributed by atoms with Crippen LogP contribution in [0.2, 0.25) is 0 Å². The molecule has 7 heteroatoms. The van der Waals surface area contributed by atoms with E-state index in [0.717, 1.165) is 0 Å². The number of rotatable bonds is 3. The van der Waals surface area contributed by atoms with Gasteiger partial charge in [0.15, 0.2) is 0 Å². The molecule has 0 radical (unpaired) electrons. The van der Waals surface area contributed by atoms with Gasteiger partial charge in [-0.25, -0.2) is 0 Å². The molecule has 0 spiro atoms. The Kier molecular flexibility index (Phi) is 3.61. The number of carboxylic acids is 1. The van der Waals surface area contributed by atoms with Gasteiger partial charge in [-0.1, -0.05) is 5.16 Å². The minimum Gasteiger partial charge on any atom is -0.480 e. The Morgan fingerprint density at radius 3 is 2.56 bits per heavy atom. The molecule has 0 unspecified atom stereocenters. The van der Waals surface area contributed by atoms with E-state index in [-0.39, 0.29) is 18.2 Å². The minimum absolute atomic E-state index is 0.0172. The van der Waals surface area contributed by atoms with Gasteiger partial charge in [0.05, 0.1) is 12.7 Å². The quantitative estimate of drug-likeness (QED) is 0.804. The second-order valence-electron chi connectivity index (χ2n) is 4.30. The Labute approximate surface area is 104 Å². The highest BCUT2D eigenvalue weighted by Gasteiger charge is 2.26. The highest BCUT2D eigenvalue weighted by Crippen LogP contribution is 2.12. The van der Waals surface area contributed by atoms with Crippen LogP contribution in [0.15, 0.2) is 10.7 Å². The van der Waals surface area contributed by atoms with Gasteiger partial charge in [0.2, 0.25) is 5.76 Å². The van der Waals surface area contributed by atoms with Crippen LogP contribution in [0.4, 0.5) is 0 Å². The van der Waals surface area contributed by atoms with Crippen molar-refractivity contribution in [1.82, 2.24) is 15.0 Å². The summed E-state index contributed by atoms with van der Waals surface area (Å²) in [7, 11) is 0. The maximum Gasteiger partial charge on any atom is 0.317 e. The van der Waals surface area contributed by atoms with E-state index in [4.69, 9.17) is 9.63 Å². The van der Waals surface area contributed by atoms with Crippen molar-refractivity contribution in [3.63, 3.8) is 0 Å². The summed E-state index contributed by atoms with van der Waals surface area (Å²) in [5.41, 5.74) is 0.716. The van der Waals surface area contributed by atoms with Crippen molar-refractivity contribution in [3.8, 4) is 0 Å². The van der Waals surface area contributed by atoms with E-state index >= 15 is 0 Å². The van der Waals surface area contributed by atoms with Gasteiger partial charge >= 0.3 is 5.97 Å². The Morgan fingerprint density at radius 2 is 2.06 bits per heavy atom. The predicted molar refractivity (Wildman–Crippen MR) is 61.2 cm³/mol. The number of hydrogen-bond donors (Lipinski definition) is 1. The van der Waals surface area contributed by atoms with Crippen LogP contribution in [-0.2, 0) is 4.79 Å². The van der Waals surface area contributed by atoms with Gasteiger partial charge in [-0.2, -0.15) is 0 Å². The second-order valence-corrected chi connectivity index (χ2v) is 4.30. The molecule has 0 saturated carbocycles. The fourth-order valence-electron chi connectivity index (χ4n) is 1.94. The van der Waals surface area contributed by atoms with Crippen molar-refractivity contribution in [1.29, 1.82) is 0 Å². The molecule has 0 bridgehead atoms. The summed E-state index contributed by atoms with van der Waals surface area (Å²) in [6.45, 7) is 3.92. The fourth-order valence-corrected chi connectivity index (χ4v) is 1.94. The molecular weight excluding hydrogens is 238 g/mol. The number of amides is 1. The molecule has 2 rings (SSSR count). The van der Waals surface area contributed by atoms with E-state index in [1.54, 1.807) is 16.7 Å². The average molecular weight is 253 g/mol. The SMILES string of the molecule is Cc1cnoc1C(=O)N1CCN(CC(=O)O)CC1. The van der Waals surface area contributed by atoms with Crippen LogP contribution in [0.25, 0.3) is 0 Å². The van der Waals surface area contributed by atoms with Crippen molar-refractivity contribution in [2.45, 2.75) is 6.92 Å². The summed E-state index contributed by atoms with van der Waals surface area (Å²) < 4.78 is 4.92. The van der Waals surface area contributed by atoms with Crippen molar-refractivity contribution >= 4 is 11.9 Å². The highest BCUT2D eigenvalue weighted by molar-refractivity contribution is 5.92. The van der Waals surface area contributed by atoms with E-state index in [9.17, 15) is 9.59 Å². The lowest BCUT2D eigenvalue weighted by atomic mass is 10.2. The molecule has 98 valence electrons. The number of nitrogens with zero attached hydrogens (tertiary/aromatic N) is 3. The van der Waals surface area contributed by atoms with Crippen LogP contribution in [0.5, 0.6) is 0 Å². The monoisotopic (exact) mass is 253 g/mol. The third kappa shape index (κ3) is 2.67. The Hall–Kier alpha value is -1.89. The third-order valence-electron chi connectivity index (χ3n) is 2.96. The number of carbonyl (C=O) groups is 2. The molecule has 1 saturated heterocycles. The van der Waals surface area contributed by atoms with Crippen LogP contribution >= 0.6 is 0 Å². The number of aromatic nitrogens is 1. The first-order chi connectivity index (χ1) is 8.58. The molecule has 2 heterocycles. The lowest BCUT2D eigenvalue weighted by Crippen LogP contribution is -2.49. The van der Waals surface area contributed by atoms with Gasteiger partial charge in [0.1, 0.15) is 0 Å². The van der Waals surface area contributed by atoms with Crippen LogP contribution in [0.3, 0.4) is 0 Å². The van der Waals surface area contributed by atoms with E-state index in [1.807, 2.05) is 0 Å². The van der Waals surface area contributed by atoms with E-state index in [1.165, 1.54) is 6.20 Å². The van der Waals surface area contributed by atoms with E-state index < -0.39 is 5.97 Å². The number of carboxylic acid groups (broad SMARTS) is 1. The number of carbonyl (C=O) groups excluding carboxylic acids is 1. The zero-order valence-corrected chi connectivity index (χ0v) is 10.1. The Bertz CT molecular complexity index is 449. The van der Waals surface area contributed by atoms with Gasteiger partial charge in [-0.05, 0) is 6.92 Å². The highest BCUT2D eigenvalue weighted by atomic mass is 16.5. The maximum atomic E-state index is 12.1. The molecular formula is C11H15N3O4. The van der Waals surface area contributed by atoms with Gasteiger partial charge in [-0.15, -0.1) is 0 Å². The number of aliphatic carboxylic acids is 1. The molecule has 1 aliphatic heterocycles. The molecule has 1 aliphatic rings. The number of piperazine rings is 1. The molecule has 1 fully saturated rings. The van der Waals surface area contributed by atoms with Crippen molar-refractivity contribution in [2.75, 3.05) is 32.7 Å². The molecule has 18 heavy (non-hydrogen) atoms. The summed E-state index contributed by atoms with van der Waals surface area (Å²) in [6.07, 6.45) is 1.51. The summed E-state index contributed by atoms with van der Waals surface area (Å²) >= 11 is 0. The third-order valence-corrected chi connectivity index (χ3v) is 2.96. The van der Waals surface area contributed by atoms with E-state index in [2.05, 4.69) is 5.16 Å². The zero-order valence-electron chi connectivity index (χ0n) is 10.1. The summed E-state index contributed by atoms with van der Waals surface area (Å²) in [6, 6.07) is 0. The van der Waals surface area contributed by atoms with Gasteiger partial charge in [0, 0.05) is 31.7 Å². The first kappa shape index (κ1) is 12.6. The standard InChI is InChI=1S/C11H15N3O4/c1-8-6-12-18-10(8)11(17)14-4-2-13(3-5-14)7-9(15)16/h6H,2-5,7H2,1H3,(H,15,16). The largest absolute Gasteiger partial charge is 0.480 e. The molecule has 0 aliphatic carbocycles. The molecule has 1 aromatic heterocycles. The van der Waals surface area contributed by atoms with Crippen LogP contribution in [0, 0.1) is 6.92 Å². The van der Waals surface area contributed by atoms with Gasteiger partial charge in [-0.3, -0.25) is 14.5 Å². The predicted octanol–water partition coefficient (Wildman–Crippen LogP) is -0.175. The average Bonchev–Trinajstić information content (AvgIpc) is 2.75. The van der Waals surface area contributed by atoms with Gasteiger partial charge in [0.25, 0.3) is 5.91 Å². The molecule has 1 N–H and O–H groups in total. The first-order valence-electron chi connectivity index (χ1n) is 5.72. The van der Waals surface area contributed by atoms with Crippen molar-refractivity contribution < 1.29 is 19.2 Å². The summed E-state index contributed by atoms with van der Waals surface area (Å²) in [5.74, 6) is -0.762. The topological polar surface area (TPSA) is 86.9 Å². The molecule has 7 nitrogen and oxygen atoms in total. The summed E-state index contributed by atoms with van der Waals surface area (Å²) in [4.78, 5) is 26.1. The minimum atomic E-state index is -0.846. The maximum absolute atomic E-state index is 12.1. The number of aryl methyl sites for hydroxylation is 1. The number of hydrogen-bond acceptors (Lipinski definition) is 5. The second kappa shape index (κ2) is 5.18. The molecule has 0 aromatic carbocycles. The molecule has 0 atom stereocenters. The lowest BCUT2D eigenvalue weighted by Gasteiger charge is -2.33. The van der Waals surface area contributed by atoms with Gasteiger partial charge < -0.3 is 14.5 Å². The summed E-state index contributed by atoms with van der Waals surface area (Å²) in [5, 5.41) is 12.3.